The van der Waals surface area contributed by atoms with Gasteiger partial charge in [0.2, 0.25) is 12.7 Å². The number of nitrogens with one attached hydrogen (secondary N) is 2. The Hall–Kier alpha value is -2.50. The van der Waals surface area contributed by atoms with Gasteiger partial charge in [0.1, 0.15) is 0 Å². The van der Waals surface area contributed by atoms with E-state index in [4.69, 9.17) is 9.47 Å². The monoisotopic (exact) mass is 330 g/mol. The zero-order valence-electron chi connectivity index (χ0n) is 14.3. The van der Waals surface area contributed by atoms with Gasteiger partial charge in [-0.15, -0.1) is 0 Å². The topological polar surface area (TPSA) is 76.7 Å². The molecule has 3 rings (SSSR count). The molecule has 0 bridgehead atoms. The molecule has 0 aromatic heterocycles. The molecular weight excluding hydrogens is 308 g/mol. The molecular formula is C18H22N2O4. The molecule has 1 aromatic rings. The number of hydrogen-bond acceptors (Lipinski definition) is 4. The van der Waals surface area contributed by atoms with E-state index < -0.39 is 0 Å². The zero-order chi connectivity index (χ0) is 17.5. The summed E-state index contributed by atoms with van der Waals surface area (Å²) in [6.45, 7) is 8.30. The van der Waals surface area contributed by atoms with Crippen LogP contribution in [-0.4, -0.2) is 18.6 Å². The quantitative estimate of drug-likeness (QED) is 0.659. The molecule has 2 aliphatic rings. The summed E-state index contributed by atoms with van der Waals surface area (Å²) in [5.41, 5.74) is 6.49. The number of carbonyl (C=O) groups excluding carboxylic acids is 2. The average molecular weight is 330 g/mol. The van der Waals surface area contributed by atoms with Crippen LogP contribution in [0.4, 0.5) is 0 Å². The van der Waals surface area contributed by atoms with Gasteiger partial charge in [0, 0.05) is 5.56 Å². The number of fused-ring (bicyclic) bond motifs is 1. The third-order valence-electron chi connectivity index (χ3n) is 4.64. The van der Waals surface area contributed by atoms with E-state index in [0.717, 1.165) is 0 Å². The molecule has 0 unspecified atom stereocenters. The summed E-state index contributed by atoms with van der Waals surface area (Å²) in [6.07, 6.45) is 2.11. The van der Waals surface area contributed by atoms with Crippen molar-refractivity contribution < 1.29 is 19.1 Å². The number of amides is 2. The van der Waals surface area contributed by atoms with Crippen LogP contribution in [0.1, 0.15) is 38.1 Å². The van der Waals surface area contributed by atoms with Crippen LogP contribution in [0, 0.1) is 17.3 Å². The van der Waals surface area contributed by atoms with Crippen LogP contribution in [0.5, 0.6) is 11.5 Å². The Balaban J connectivity index is 1.59. The highest BCUT2D eigenvalue weighted by Gasteiger charge is 2.60. The van der Waals surface area contributed by atoms with Gasteiger partial charge in [0.25, 0.3) is 5.91 Å². The molecule has 1 fully saturated rings. The van der Waals surface area contributed by atoms with Crippen molar-refractivity contribution in [1.29, 1.82) is 0 Å². The van der Waals surface area contributed by atoms with Crippen molar-refractivity contribution in [3.63, 3.8) is 0 Å². The van der Waals surface area contributed by atoms with Gasteiger partial charge in [-0.25, -0.2) is 0 Å². The average Bonchev–Trinajstić information content (AvgIpc) is 2.88. The minimum absolute atomic E-state index is 0.0924. The summed E-state index contributed by atoms with van der Waals surface area (Å²) in [6, 6.07) is 4.90. The number of carbonyl (C=O) groups is 2. The number of ether oxygens (including phenoxy) is 2. The van der Waals surface area contributed by atoms with Gasteiger partial charge in [-0.2, -0.15) is 0 Å². The molecule has 0 spiro atoms. The maximum Gasteiger partial charge on any atom is 0.269 e. The summed E-state index contributed by atoms with van der Waals surface area (Å²) in [5, 5.41) is 0. The largest absolute Gasteiger partial charge is 0.454 e. The zero-order valence-corrected chi connectivity index (χ0v) is 14.3. The molecule has 2 N–H and O–H groups in total. The lowest BCUT2D eigenvalue weighted by molar-refractivity contribution is -0.123. The van der Waals surface area contributed by atoms with Gasteiger partial charge >= 0.3 is 0 Å². The number of benzene rings is 1. The first-order valence-electron chi connectivity index (χ1n) is 7.95. The van der Waals surface area contributed by atoms with Crippen molar-refractivity contribution in [2.45, 2.75) is 27.7 Å². The number of hydrazine groups is 1. The maximum atomic E-state index is 12.3. The molecule has 1 aliphatic heterocycles. The van der Waals surface area contributed by atoms with Crippen LogP contribution >= 0.6 is 0 Å². The van der Waals surface area contributed by atoms with E-state index in [1.807, 2.05) is 13.8 Å². The lowest BCUT2D eigenvalue weighted by Crippen LogP contribution is -2.43. The lowest BCUT2D eigenvalue weighted by atomic mass is 10.1. The van der Waals surface area contributed by atoms with Gasteiger partial charge < -0.3 is 9.47 Å². The Labute approximate surface area is 141 Å². The minimum Gasteiger partial charge on any atom is -0.454 e. The number of rotatable bonds is 3. The Morgan fingerprint density at radius 2 is 1.88 bits per heavy atom. The Bertz CT molecular complexity index is 720. The molecule has 1 aromatic carbocycles. The van der Waals surface area contributed by atoms with Crippen LogP contribution in [0.2, 0.25) is 0 Å². The van der Waals surface area contributed by atoms with E-state index in [-0.39, 0.29) is 35.9 Å². The normalized spacial score (nSPS) is 22.5. The smallest absolute Gasteiger partial charge is 0.269 e. The van der Waals surface area contributed by atoms with Gasteiger partial charge in [-0.1, -0.05) is 25.5 Å². The van der Waals surface area contributed by atoms with Crippen molar-refractivity contribution >= 4 is 11.8 Å². The van der Waals surface area contributed by atoms with E-state index in [1.54, 1.807) is 18.2 Å². The van der Waals surface area contributed by atoms with E-state index in [9.17, 15) is 9.59 Å². The van der Waals surface area contributed by atoms with Crippen molar-refractivity contribution in [1.82, 2.24) is 10.9 Å². The molecule has 1 heterocycles. The predicted molar refractivity (Wildman–Crippen MR) is 88.4 cm³/mol. The highest BCUT2D eigenvalue weighted by Crippen LogP contribution is 2.59. The second kappa shape index (κ2) is 5.85. The fraction of sp³-hybridized carbons (Fsp3) is 0.444. The Morgan fingerprint density at radius 3 is 2.58 bits per heavy atom. The predicted octanol–water partition coefficient (Wildman–Crippen LogP) is 2.41. The fourth-order valence-electron chi connectivity index (χ4n) is 3.15. The first kappa shape index (κ1) is 16.4. The summed E-state index contributed by atoms with van der Waals surface area (Å²) in [4.78, 5) is 24.5. The van der Waals surface area contributed by atoms with Crippen molar-refractivity contribution in [3.05, 3.63) is 35.4 Å². The first-order chi connectivity index (χ1) is 11.3. The number of allylic oxidation sites excluding steroid dienone is 2. The molecule has 2 amide bonds. The summed E-state index contributed by atoms with van der Waals surface area (Å²) in [7, 11) is 0. The van der Waals surface area contributed by atoms with E-state index in [2.05, 4.69) is 30.8 Å². The third kappa shape index (κ3) is 2.96. The summed E-state index contributed by atoms with van der Waals surface area (Å²) < 4.78 is 10.5. The van der Waals surface area contributed by atoms with E-state index in [1.165, 1.54) is 5.57 Å². The van der Waals surface area contributed by atoms with Gasteiger partial charge in [-0.05, 0) is 43.4 Å². The lowest BCUT2D eigenvalue weighted by Gasteiger charge is -2.08. The van der Waals surface area contributed by atoms with Crippen molar-refractivity contribution in [2.75, 3.05) is 6.79 Å². The Kier molecular flexibility index (Phi) is 3.99. The van der Waals surface area contributed by atoms with Crippen LogP contribution in [0.15, 0.2) is 29.8 Å². The molecule has 6 nitrogen and oxygen atoms in total. The second-order valence-electron chi connectivity index (χ2n) is 7.08. The third-order valence-corrected chi connectivity index (χ3v) is 4.64. The van der Waals surface area contributed by atoms with Crippen molar-refractivity contribution in [3.8, 4) is 11.5 Å². The minimum atomic E-state index is -0.390. The molecule has 1 saturated carbocycles. The van der Waals surface area contributed by atoms with Gasteiger partial charge in [0.15, 0.2) is 11.5 Å². The van der Waals surface area contributed by atoms with Crippen LogP contribution in [0.3, 0.4) is 0 Å². The van der Waals surface area contributed by atoms with Gasteiger partial charge in [-0.3, -0.25) is 20.4 Å². The van der Waals surface area contributed by atoms with Crippen LogP contribution in [-0.2, 0) is 4.79 Å². The van der Waals surface area contributed by atoms with E-state index in [0.29, 0.717) is 17.1 Å². The number of hydrogen-bond donors (Lipinski definition) is 2. The second-order valence-corrected chi connectivity index (χ2v) is 7.08. The maximum absolute atomic E-state index is 12.3. The fourth-order valence-corrected chi connectivity index (χ4v) is 3.15. The molecule has 128 valence electrons. The van der Waals surface area contributed by atoms with Crippen LogP contribution in [0.25, 0.3) is 0 Å². The Morgan fingerprint density at radius 1 is 1.17 bits per heavy atom. The molecule has 0 saturated heterocycles. The highest BCUT2D eigenvalue weighted by atomic mass is 16.7. The van der Waals surface area contributed by atoms with Crippen molar-refractivity contribution in [2.24, 2.45) is 17.3 Å². The molecule has 6 heteroatoms. The molecule has 24 heavy (non-hydrogen) atoms. The molecule has 2 atom stereocenters. The van der Waals surface area contributed by atoms with Crippen LogP contribution < -0.4 is 20.3 Å². The summed E-state index contributed by atoms with van der Waals surface area (Å²) >= 11 is 0. The SMILES string of the molecule is CC(C)=C[C@@H]1[C@@H](C(=O)NNC(=O)c2ccc3c(c2)OCO3)C1(C)C. The van der Waals surface area contributed by atoms with Gasteiger partial charge in [0.05, 0.1) is 5.92 Å². The van der Waals surface area contributed by atoms with E-state index >= 15 is 0 Å². The molecule has 0 radical (unpaired) electrons. The highest BCUT2D eigenvalue weighted by molar-refractivity contribution is 5.96. The summed E-state index contributed by atoms with van der Waals surface area (Å²) in [5.74, 6) is 0.644. The first-order valence-corrected chi connectivity index (χ1v) is 7.95. The standard InChI is InChI=1S/C18H22N2O4/c1-10(2)7-12-15(18(12,3)4)17(22)20-19-16(21)11-5-6-13-14(8-11)24-9-23-13/h5-8,12,15H,9H2,1-4H3,(H,19,21)(H,20,22)/t12-,15+/m1/s1. The molecule has 1 aliphatic carbocycles.